The van der Waals surface area contributed by atoms with E-state index in [0.717, 1.165) is 18.6 Å². The quantitative estimate of drug-likeness (QED) is 0.790. The summed E-state index contributed by atoms with van der Waals surface area (Å²) in [6.07, 6.45) is 1.77. The second-order valence-electron chi connectivity index (χ2n) is 2.83. The Morgan fingerprint density at radius 2 is 2.00 bits per heavy atom. The zero-order valence-electron chi connectivity index (χ0n) is 7.64. The van der Waals surface area contributed by atoms with Gasteiger partial charge in [0.2, 0.25) is 0 Å². The van der Waals surface area contributed by atoms with Gasteiger partial charge in [0.15, 0.2) is 0 Å². The average molecular weight is 302 g/mol. The van der Waals surface area contributed by atoms with Crippen molar-refractivity contribution in [2.24, 2.45) is 4.99 Å². The molecule has 0 aromatic heterocycles. The van der Waals surface area contributed by atoms with Gasteiger partial charge in [-0.25, -0.2) is 0 Å². The molecule has 0 fully saturated rings. The molecule has 0 amide bonds. The second kappa shape index (κ2) is 6.43. The Kier molecular flexibility index (Phi) is 8.45. The van der Waals surface area contributed by atoms with Gasteiger partial charge >= 0.3 is 0 Å². The van der Waals surface area contributed by atoms with E-state index in [1.165, 1.54) is 0 Å². The summed E-state index contributed by atoms with van der Waals surface area (Å²) in [7, 11) is 1.71. The molecule has 0 aromatic carbocycles. The van der Waals surface area contributed by atoms with Crippen LogP contribution < -0.4 is 0 Å². The van der Waals surface area contributed by atoms with Crippen molar-refractivity contribution in [3.8, 4) is 0 Å². The molecule has 1 radical (unpaired) electrons. The van der Waals surface area contributed by atoms with Crippen LogP contribution in [0.5, 0.6) is 0 Å². The molecule has 2 nitrogen and oxygen atoms in total. The second-order valence-corrected chi connectivity index (χ2v) is 2.83. The molecule has 3 heteroatoms. The van der Waals surface area contributed by atoms with Crippen molar-refractivity contribution in [1.29, 1.82) is 0 Å². The van der Waals surface area contributed by atoms with Crippen LogP contribution in [0.1, 0.15) is 33.6 Å². The van der Waals surface area contributed by atoms with Crippen molar-refractivity contribution in [3.05, 3.63) is 0 Å². The molecule has 0 aliphatic carbocycles. The summed E-state index contributed by atoms with van der Waals surface area (Å²) in [5, 5.41) is 9.65. The van der Waals surface area contributed by atoms with Gasteiger partial charge in [-0.2, -0.15) is 0 Å². The molecule has 1 unspecified atom stereocenters. The van der Waals surface area contributed by atoms with Gasteiger partial charge in [-0.1, -0.05) is 13.3 Å². The van der Waals surface area contributed by atoms with Crippen LogP contribution in [0.2, 0.25) is 0 Å². The zero-order chi connectivity index (χ0) is 8.20. The minimum Gasteiger partial charge on any atom is -0.384 e. The Labute approximate surface area is 99.9 Å². The summed E-state index contributed by atoms with van der Waals surface area (Å²) >= 11 is 0. The summed E-state index contributed by atoms with van der Waals surface area (Å²) in [6.45, 7) is 5.71. The molecular weight excluding hydrogens is 285 g/mol. The molecule has 0 bridgehead atoms. The maximum absolute atomic E-state index is 9.65. The molecule has 0 spiro atoms. The summed E-state index contributed by atoms with van der Waals surface area (Å²) < 4.78 is 0. The van der Waals surface area contributed by atoms with E-state index in [2.05, 4.69) is 11.9 Å². The predicted octanol–water partition coefficient (Wildman–Crippen LogP) is 1.63. The molecule has 11 heavy (non-hydrogen) atoms. The summed E-state index contributed by atoms with van der Waals surface area (Å²) in [5.41, 5.74) is 0.123. The molecule has 1 atom stereocenters. The molecule has 0 aliphatic heterocycles. The minimum atomic E-state index is -0.691. The predicted molar refractivity (Wildman–Crippen MR) is 44.6 cm³/mol. The summed E-state index contributed by atoms with van der Waals surface area (Å²) in [5.74, 6) is 0. The van der Waals surface area contributed by atoms with Crippen molar-refractivity contribution < 1.29 is 43.7 Å². The third-order valence-electron chi connectivity index (χ3n) is 1.85. The van der Waals surface area contributed by atoms with Crippen LogP contribution in [0, 0.1) is 38.6 Å². The van der Waals surface area contributed by atoms with Gasteiger partial charge in [0, 0.05) is 51.4 Å². The molecule has 0 saturated heterocycles. The molecule has 0 heterocycles. The number of hydrogen-bond acceptors (Lipinski definition) is 2. The average Bonchev–Trinajstić information content (AvgIpc) is 1.86. The van der Waals surface area contributed by atoms with Crippen LogP contribution in [-0.4, -0.2) is 23.5 Å². The number of aliphatic imine (C=N–C) groups is 1. The fourth-order valence-corrected chi connectivity index (χ4v) is 0.909. The monoisotopic (exact) mass is 302 g/mol. The first kappa shape index (κ1) is 14.4. The van der Waals surface area contributed by atoms with Crippen molar-refractivity contribution in [2.45, 2.75) is 39.2 Å². The van der Waals surface area contributed by atoms with Gasteiger partial charge < -0.3 is 5.11 Å². The van der Waals surface area contributed by atoms with Crippen molar-refractivity contribution in [3.63, 3.8) is 0 Å². The molecule has 0 saturated carbocycles. The smallest absolute Gasteiger partial charge is 0.0991 e. The Bertz CT molecular complexity index is 132. The minimum absolute atomic E-state index is 0. The Morgan fingerprint density at radius 3 is 2.27 bits per heavy atom. The van der Waals surface area contributed by atoms with Crippen LogP contribution in [0.3, 0.4) is 0 Å². The van der Waals surface area contributed by atoms with Gasteiger partial charge in [-0.05, 0) is 20.3 Å². The van der Waals surface area contributed by atoms with E-state index in [4.69, 9.17) is 0 Å². The number of nitrogens with zero attached hydrogens (tertiary/aromatic N) is 1. The SMILES string of the molecule is CCCC(C)(O)C(C)=NC.[Tb]. The van der Waals surface area contributed by atoms with E-state index in [1.807, 2.05) is 6.92 Å². The molecule has 0 rings (SSSR count). The fraction of sp³-hybridized carbons (Fsp3) is 0.875. The largest absolute Gasteiger partial charge is 0.384 e. The third kappa shape index (κ3) is 5.20. The van der Waals surface area contributed by atoms with Gasteiger partial charge in [-0.15, -0.1) is 0 Å². The first-order valence-electron chi connectivity index (χ1n) is 3.71. The maximum atomic E-state index is 9.65. The van der Waals surface area contributed by atoms with E-state index in [0.29, 0.717) is 0 Å². The van der Waals surface area contributed by atoms with Gasteiger partial charge in [-0.3, -0.25) is 4.99 Å². The van der Waals surface area contributed by atoms with E-state index in [9.17, 15) is 5.11 Å². The third-order valence-corrected chi connectivity index (χ3v) is 1.85. The first-order valence-corrected chi connectivity index (χ1v) is 3.71. The van der Waals surface area contributed by atoms with E-state index in [-0.39, 0.29) is 38.6 Å². The van der Waals surface area contributed by atoms with E-state index in [1.54, 1.807) is 14.0 Å². The van der Waals surface area contributed by atoms with Gasteiger partial charge in [0.1, 0.15) is 0 Å². The van der Waals surface area contributed by atoms with Crippen molar-refractivity contribution in [1.82, 2.24) is 0 Å². The molecular formula is C8H17NOTb. The summed E-state index contributed by atoms with van der Waals surface area (Å²) in [4.78, 5) is 3.95. The van der Waals surface area contributed by atoms with E-state index >= 15 is 0 Å². The Hall–Kier alpha value is 0.916. The number of aliphatic hydroxyl groups is 1. The van der Waals surface area contributed by atoms with Gasteiger partial charge in [0.25, 0.3) is 0 Å². The van der Waals surface area contributed by atoms with Crippen LogP contribution in [0.4, 0.5) is 0 Å². The zero-order valence-corrected chi connectivity index (χ0v) is 9.78. The van der Waals surface area contributed by atoms with Crippen molar-refractivity contribution in [2.75, 3.05) is 7.05 Å². The van der Waals surface area contributed by atoms with Crippen molar-refractivity contribution >= 4 is 5.71 Å². The number of hydrogen-bond donors (Lipinski definition) is 1. The van der Waals surface area contributed by atoms with Crippen LogP contribution in [0.25, 0.3) is 0 Å². The van der Waals surface area contributed by atoms with Crippen LogP contribution in [0.15, 0.2) is 4.99 Å². The van der Waals surface area contributed by atoms with E-state index < -0.39 is 5.60 Å². The maximum Gasteiger partial charge on any atom is 0.0991 e. The molecule has 0 aromatic rings. The normalized spacial score (nSPS) is 17.0. The Balaban J connectivity index is 0. The molecule has 69 valence electrons. The number of rotatable bonds is 3. The molecule has 1 N–H and O–H groups in total. The van der Waals surface area contributed by atoms with Crippen LogP contribution in [-0.2, 0) is 0 Å². The van der Waals surface area contributed by atoms with Crippen LogP contribution >= 0.6 is 0 Å². The standard InChI is InChI=1S/C8H17NO.Tb/c1-5-6-8(3,10)7(2)9-4;/h10H,5-6H2,1-4H3;. The Morgan fingerprint density at radius 1 is 1.55 bits per heavy atom. The topological polar surface area (TPSA) is 32.6 Å². The first-order chi connectivity index (χ1) is 4.54. The van der Waals surface area contributed by atoms with Gasteiger partial charge in [0.05, 0.1) is 5.60 Å². The molecule has 0 aliphatic rings. The fourth-order valence-electron chi connectivity index (χ4n) is 0.909. The summed E-state index contributed by atoms with van der Waals surface area (Å²) in [6, 6.07) is 0.